The Balaban J connectivity index is 0. The third kappa shape index (κ3) is 14.9. The summed E-state index contributed by atoms with van der Waals surface area (Å²) in [5.74, 6) is 1.81. The highest BCUT2D eigenvalue weighted by atomic mass is 16.5. The molecule has 0 aliphatic rings. The summed E-state index contributed by atoms with van der Waals surface area (Å²) in [5, 5.41) is 1.20. The lowest BCUT2D eigenvalue weighted by Gasteiger charge is -2.14. The van der Waals surface area contributed by atoms with Crippen molar-refractivity contribution in [1.82, 2.24) is 4.98 Å². The molecule has 0 radical (unpaired) electrons. The molecule has 2 nitrogen and oxygen atoms in total. The number of benzene rings is 1. The van der Waals surface area contributed by atoms with Crippen molar-refractivity contribution < 1.29 is 4.74 Å². The van der Waals surface area contributed by atoms with Crippen LogP contribution >= 0.6 is 0 Å². The zero-order valence-electron chi connectivity index (χ0n) is 19.5. The van der Waals surface area contributed by atoms with Gasteiger partial charge in [-0.2, -0.15) is 0 Å². The van der Waals surface area contributed by atoms with Gasteiger partial charge in [-0.15, -0.1) is 6.58 Å². The van der Waals surface area contributed by atoms with Gasteiger partial charge in [-0.1, -0.05) is 67.4 Å². The Kier molecular flexibility index (Phi) is 15.3. The third-order valence-electron chi connectivity index (χ3n) is 3.05. The first-order valence-electron chi connectivity index (χ1n) is 10.2. The molecule has 1 N–H and O–H groups in total. The zero-order valence-corrected chi connectivity index (χ0v) is 19.5. The number of aromatic amines is 1. The van der Waals surface area contributed by atoms with E-state index in [0.29, 0.717) is 0 Å². The average molecular weight is 374 g/mol. The molecule has 2 heteroatoms. The molecule has 0 fully saturated rings. The highest BCUT2D eigenvalue weighted by Crippen LogP contribution is 2.23. The maximum Gasteiger partial charge on any atom is 0.129 e. The molecule has 0 atom stereocenters. The van der Waals surface area contributed by atoms with E-state index in [9.17, 15) is 0 Å². The molecule has 0 amide bonds. The van der Waals surface area contributed by atoms with Crippen LogP contribution in [-0.4, -0.2) is 4.98 Å². The van der Waals surface area contributed by atoms with Crippen LogP contribution in [0.2, 0.25) is 0 Å². The number of hydrogen-bond donors (Lipinski definition) is 1. The lowest BCUT2D eigenvalue weighted by Crippen LogP contribution is -2.03. The van der Waals surface area contributed by atoms with Gasteiger partial charge < -0.3 is 9.72 Å². The van der Waals surface area contributed by atoms with Crippen molar-refractivity contribution in [3.63, 3.8) is 0 Å². The second-order valence-electron chi connectivity index (χ2n) is 7.47. The lowest BCUT2D eigenvalue weighted by atomic mass is 9.96. The van der Waals surface area contributed by atoms with Crippen molar-refractivity contribution in [2.75, 3.05) is 0 Å². The predicted molar refractivity (Wildman–Crippen MR) is 125 cm³/mol. The molecule has 27 heavy (non-hydrogen) atoms. The Bertz CT molecular complexity index is 656. The second kappa shape index (κ2) is 15.1. The van der Waals surface area contributed by atoms with E-state index in [1.165, 1.54) is 17.4 Å². The van der Waals surface area contributed by atoms with Crippen LogP contribution in [0.15, 0.2) is 54.4 Å². The summed E-state index contributed by atoms with van der Waals surface area (Å²) >= 11 is 0. The summed E-state index contributed by atoms with van der Waals surface area (Å²) in [6.07, 6.45) is 6.43. The quantitative estimate of drug-likeness (QED) is 0.421. The summed E-state index contributed by atoms with van der Waals surface area (Å²) in [7, 11) is 0. The van der Waals surface area contributed by atoms with Crippen molar-refractivity contribution in [3.8, 4) is 5.75 Å². The summed E-state index contributed by atoms with van der Waals surface area (Å²) in [5.41, 5.74) is 2.50. The van der Waals surface area contributed by atoms with Gasteiger partial charge in [-0.3, -0.25) is 0 Å². The largest absolute Gasteiger partial charge is 0.462 e. The fourth-order valence-corrected chi connectivity index (χ4v) is 1.92. The van der Waals surface area contributed by atoms with E-state index < -0.39 is 0 Å². The van der Waals surface area contributed by atoms with Gasteiger partial charge in [0, 0.05) is 17.8 Å². The Morgan fingerprint density at radius 2 is 1.59 bits per heavy atom. The third-order valence-corrected chi connectivity index (χ3v) is 3.05. The summed E-state index contributed by atoms with van der Waals surface area (Å²) in [6.45, 7) is 24.5. The summed E-state index contributed by atoms with van der Waals surface area (Å²) < 4.78 is 5.81. The van der Waals surface area contributed by atoms with Crippen LogP contribution in [0.3, 0.4) is 0 Å². The number of allylic oxidation sites excluding steroid dienone is 3. The zero-order chi connectivity index (χ0) is 21.5. The standard InChI is InChI=1S/C15H19NO.C5H10.C3H8.C2H6/c1-11(10-15(2,3)4)17-13-6-5-12-7-8-16-14(12)9-13;1-4-5(2)3;1-3-2;1-2/h5-10,16H,1-4H3;2,4H2,1,3H3;3H2,1-2H3;1-2H3/b11-10+;;;. The second-order valence-corrected chi connectivity index (χ2v) is 7.47. The number of rotatable bonds is 3. The maximum absolute atomic E-state index is 5.81. The summed E-state index contributed by atoms with van der Waals surface area (Å²) in [4.78, 5) is 3.18. The molecule has 1 aromatic heterocycles. The predicted octanol–water partition coefficient (Wildman–Crippen LogP) is 8.91. The molecule has 0 bridgehead atoms. The number of fused-ring (bicyclic) bond motifs is 1. The molecule has 0 spiro atoms. The number of nitrogens with one attached hydrogen (secondary N) is 1. The van der Waals surface area contributed by atoms with Gasteiger partial charge in [0.15, 0.2) is 0 Å². The molecule has 1 aromatic carbocycles. The SMILES string of the molecule is C/C(=C\C(C)(C)C)Oc1ccc2cc[nH]c2c1.C=C(C)CC.CC.CCC. The number of H-pyrrole nitrogens is 1. The van der Waals surface area contributed by atoms with Gasteiger partial charge in [0.2, 0.25) is 0 Å². The van der Waals surface area contributed by atoms with Crippen molar-refractivity contribution in [1.29, 1.82) is 0 Å². The van der Waals surface area contributed by atoms with Gasteiger partial charge >= 0.3 is 0 Å². The monoisotopic (exact) mass is 373 g/mol. The smallest absolute Gasteiger partial charge is 0.129 e. The molecule has 2 rings (SSSR count). The molecule has 0 unspecified atom stereocenters. The Morgan fingerprint density at radius 3 is 2.04 bits per heavy atom. The van der Waals surface area contributed by atoms with Gasteiger partial charge in [0.25, 0.3) is 0 Å². The van der Waals surface area contributed by atoms with Crippen LogP contribution in [0, 0.1) is 5.41 Å². The van der Waals surface area contributed by atoms with Crippen molar-refractivity contribution in [3.05, 3.63) is 54.4 Å². The number of hydrogen-bond acceptors (Lipinski definition) is 1. The first kappa shape index (κ1) is 27.3. The fourth-order valence-electron chi connectivity index (χ4n) is 1.92. The Morgan fingerprint density at radius 1 is 1.07 bits per heavy atom. The maximum atomic E-state index is 5.81. The lowest BCUT2D eigenvalue weighted by molar-refractivity contribution is 0.407. The van der Waals surface area contributed by atoms with Crippen LogP contribution < -0.4 is 4.74 Å². The van der Waals surface area contributed by atoms with Crippen LogP contribution in [0.25, 0.3) is 10.9 Å². The topological polar surface area (TPSA) is 25.0 Å². The van der Waals surface area contributed by atoms with Crippen molar-refractivity contribution >= 4 is 10.9 Å². The Labute approximate surface area is 168 Å². The molecule has 0 aliphatic heterocycles. The molecule has 0 saturated heterocycles. The van der Waals surface area contributed by atoms with E-state index >= 15 is 0 Å². The van der Waals surface area contributed by atoms with Crippen molar-refractivity contribution in [2.24, 2.45) is 5.41 Å². The number of aromatic nitrogens is 1. The fraction of sp³-hybridized carbons (Fsp3) is 0.520. The van der Waals surface area contributed by atoms with Crippen LogP contribution in [-0.2, 0) is 0 Å². The minimum atomic E-state index is 0.140. The van der Waals surface area contributed by atoms with E-state index in [2.05, 4.69) is 71.3 Å². The van der Waals surface area contributed by atoms with Gasteiger partial charge in [-0.25, -0.2) is 0 Å². The molecule has 1 heterocycles. The molecule has 2 aromatic rings. The van der Waals surface area contributed by atoms with Crippen LogP contribution in [0.1, 0.15) is 82.1 Å². The first-order valence-corrected chi connectivity index (χ1v) is 10.2. The molecule has 154 valence electrons. The molecular weight excluding hydrogens is 330 g/mol. The minimum Gasteiger partial charge on any atom is -0.462 e. The first-order chi connectivity index (χ1) is 12.6. The van der Waals surface area contributed by atoms with E-state index in [1.54, 1.807) is 0 Å². The normalized spacial score (nSPS) is 10.5. The van der Waals surface area contributed by atoms with Crippen LogP contribution in [0.5, 0.6) is 5.75 Å². The highest BCUT2D eigenvalue weighted by molar-refractivity contribution is 5.80. The molecule has 0 saturated carbocycles. The molecule has 0 aliphatic carbocycles. The Hall–Kier alpha value is -1.96. The van der Waals surface area contributed by atoms with E-state index in [-0.39, 0.29) is 5.41 Å². The van der Waals surface area contributed by atoms with Gasteiger partial charge in [-0.05, 0) is 55.3 Å². The highest BCUT2D eigenvalue weighted by Gasteiger charge is 2.07. The van der Waals surface area contributed by atoms with E-state index in [0.717, 1.165) is 23.4 Å². The van der Waals surface area contributed by atoms with E-state index in [1.807, 2.05) is 46.0 Å². The minimum absolute atomic E-state index is 0.140. The number of ether oxygens (including phenoxy) is 1. The van der Waals surface area contributed by atoms with Crippen molar-refractivity contribution in [2.45, 2.75) is 82.1 Å². The molecular formula is C25H43NO. The van der Waals surface area contributed by atoms with Crippen LogP contribution in [0.4, 0.5) is 0 Å². The van der Waals surface area contributed by atoms with Gasteiger partial charge in [0.1, 0.15) is 5.75 Å². The van der Waals surface area contributed by atoms with E-state index in [4.69, 9.17) is 4.74 Å². The van der Waals surface area contributed by atoms with Gasteiger partial charge in [0.05, 0.1) is 5.76 Å². The summed E-state index contributed by atoms with van der Waals surface area (Å²) in [6, 6.07) is 8.13. The average Bonchev–Trinajstić information content (AvgIpc) is 3.04.